The zero-order valence-corrected chi connectivity index (χ0v) is 20.7. The van der Waals surface area contributed by atoms with E-state index < -0.39 is 12.1 Å². The Hall–Kier alpha value is -2.64. The number of nitrogens with one attached hydrogen (secondary N) is 1. The zero-order valence-electron chi connectivity index (χ0n) is 19.2. The standard InChI is InChI=1S/C24H29Cl2NO6/c1-5-15(3)18-13-17(7-8-21(18)30-4)33-23-19(25)11-16(12-20(23)26)9-10-32-24(29)27-14-22(28)31-6-2/h7-8,11-13,15H,5-6,9-10,14H2,1-4H3,(H,27,29). The van der Waals surface area contributed by atoms with Gasteiger partial charge in [0.25, 0.3) is 0 Å². The minimum Gasteiger partial charge on any atom is -0.496 e. The molecule has 1 N–H and O–H groups in total. The molecular formula is C24H29Cl2NO6. The molecule has 0 saturated heterocycles. The summed E-state index contributed by atoms with van der Waals surface area (Å²) in [6, 6.07) is 9.01. The summed E-state index contributed by atoms with van der Waals surface area (Å²) in [5, 5.41) is 3.00. The number of rotatable bonds is 11. The highest BCUT2D eigenvalue weighted by molar-refractivity contribution is 6.37. The van der Waals surface area contributed by atoms with Crippen molar-refractivity contribution in [3.63, 3.8) is 0 Å². The minimum absolute atomic E-state index is 0.0816. The molecule has 1 amide bonds. The van der Waals surface area contributed by atoms with E-state index in [-0.39, 0.29) is 19.8 Å². The Bertz CT molecular complexity index is 943. The lowest BCUT2D eigenvalue weighted by molar-refractivity contribution is -0.141. The molecule has 0 fully saturated rings. The van der Waals surface area contributed by atoms with E-state index in [1.165, 1.54) is 0 Å². The van der Waals surface area contributed by atoms with Crippen LogP contribution in [-0.4, -0.2) is 38.9 Å². The molecule has 7 nitrogen and oxygen atoms in total. The van der Waals surface area contributed by atoms with Crippen LogP contribution in [-0.2, 0) is 20.7 Å². The van der Waals surface area contributed by atoms with E-state index in [0.29, 0.717) is 33.9 Å². The van der Waals surface area contributed by atoms with Crippen LogP contribution in [0.1, 0.15) is 44.2 Å². The van der Waals surface area contributed by atoms with Crippen molar-refractivity contribution < 1.29 is 28.5 Å². The number of benzene rings is 2. The number of methoxy groups -OCH3 is 1. The highest BCUT2D eigenvalue weighted by Crippen LogP contribution is 2.39. The molecule has 0 radical (unpaired) electrons. The molecule has 0 aliphatic carbocycles. The molecule has 0 spiro atoms. The lowest BCUT2D eigenvalue weighted by Crippen LogP contribution is -2.31. The fraction of sp³-hybridized carbons (Fsp3) is 0.417. The Morgan fingerprint density at radius 2 is 1.76 bits per heavy atom. The van der Waals surface area contributed by atoms with Crippen molar-refractivity contribution in [3.8, 4) is 17.2 Å². The van der Waals surface area contributed by atoms with Crippen LogP contribution in [0.15, 0.2) is 30.3 Å². The Morgan fingerprint density at radius 1 is 1.06 bits per heavy atom. The quantitative estimate of drug-likeness (QED) is 0.375. The molecule has 9 heteroatoms. The summed E-state index contributed by atoms with van der Waals surface area (Å²) >= 11 is 12.8. The summed E-state index contributed by atoms with van der Waals surface area (Å²) in [5.74, 6) is 1.51. The monoisotopic (exact) mass is 497 g/mol. The molecule has 0 aliphatic heterocycles. The molecule has 0 heterocycles. The Balaban J connectivity index is 2.00. The number of hydrogen-bond donors (Lipinski definition) is 1. The van der Waals surface area contributed by atoms with Gasteiger partial charge in [0.1, 0.15) is 18.0 Å². The molecule has 0 bridgehead atoms. The Labute approximate surface area is 204 Å². The van der Waals surface area contributed by atoms with E-state index in [2.05, 4.69) is 19.2 Å². The van der Waals surface area contributed by atoms with Gasteiger partial charge in [-0.25, -0.2) is 4.79 Å². The largest absolute Gasteiger partial charge is 0.496 e. The van der Waals surface area contributed by atoms with Crippen molar-refractivity contribution >= 4 is 35.3 Å². The number of amides is 1. The molecular weight excluding hydrogens is 469 g/mol. The molecule has 2 rings (SSSR count). The van der Waals surface area contributed by atoms with E-state index in [1.807, 2.05) is 12.1 Å². The lowest BCUT2D eigenvalue weighted by atomic mass is 9.97. The van der Waals surface area contributed by atoms with Gasteiger partial charge < -0.3 is 24.3 Å². The summed E-state index contributed by atoms with van der Waals surface area (Å²) in [5.41, 5.74) is 1.81. The number of hydrogen-bond acceptors (Lipinski definition) is 6. The van der Waals surface area contributed by atoms with E-state index in [9.17, 15) is 9.59 Å². The number of carbonyl (C=O) groups is 2. The summed E-state index contributed by atoms with van der Waals surface area (Å²) in [6.07, 6.45) is 0.628. The predicted octanol–water partition coefficient (Wildman–Crippen LogP) is 6.14. The van der Waals surface area contributed by atoms with Crippen molar-refractivity contribution in [2.24, 2.45) is 0 Å². The van der Waals surface area contributed by atoms with Crippen LogP contribution in [0.4, 0.5) is 4.79 Å². The molecule has 33 heavy (non-hydrogen) atoms. The number of carbonyl (C=O) groups excluding carboxylic acids is 2. The minimum atomic E-state index is -0.711. The van der Waals surface area contributed by atoms with Gasteiger partial charge in [0.15, 0.2) is 5.75 Å². The smallest absolute Gasteiger partial charge is 0.407 e. The molecule has 1 unspecified atom stereocenters. The second kappa shape index (κ2) is 13.2. The fourth-order valence-electron chi connectivity index (χ4n) is 3.02. The van der Waals surface area contributed by atoms with Crippen LogP contribution in [0.3, 0.4) is 0 Å². The average molecular weight is 498 g/mol. The third kappa shape index (κ3) is 8.02. The van der Waals surface area contributed by atoms with Gasteiger partial charge in [-0.1, -0.05) is 37.0 Å². The first-order valence-corrected chi connectivity index (χ1v) is 11.4. The topological polar surface area (TPSA) is 83.1 Å². The average Bonchev–Trinajstić information content (AvgIpc) is 2.79. The van der Waals surface area contributed by atoms with Gasteiger partial charge in [0, 0.05) is 12.0 Å². The lowest BCUT2D eigenvalue weighted by Gasteiger charge is -2.17. The normalized spacial score (nSPS) is 11.5. The van der Waals surface area contributed by atoms with E-state index >= 15 is 0 Å². The van der Waals surface area contributed by atoms with Crippen molar-refractivity contribution in [2.45, 2.75) is 39.5 Å². The molecule has 1 atom stereocenters. The van der Waals surface area contributed by atoms with Crippen molar-refractivity contribution in [1.82, 2.24) is 5.32 Å². The summed E-state index contributed by atoms with van der Waals surface area (Å²) in [7, 11) is 1.64. The molecule has 180 valence electrons. The van der Waals surface area contributed by atoms with E-state index in [4.69, 9.17) is 42.1 Å². The van der Waals surface area contributed by atoms with E-state index in [1.54, 1.807) is 32.2 Å². The number of halogens is 2. The number of ether oxygens (including phenoxy) is 4. The molecule has 0 aliphatic rings. The van der Waals surface area contributed by atoms with Crippen LogP contribution >= 0.6 is 23.2 Å². The van der Waals surface area contributed by atoms with Gasteiger partial charge in [0.2, 0.25) is 0 Å². The third-order valence-electron chi connectivity index (χ3n) is 4.93. The predicted molar refractivity (Wildman–Crippen MR) is 128 cm³/mol. The van der Waals surface area contributed by atoms with Crippen molar-refractivity contribution in [3.05, 3.63) is 51.5 Å². The van der Waals surface area contributed by atoms with Gasteiger partial charge in [-0.15, -0.1) is 0 Å². The highest BCUT2D eigenvalue weighted by atomic mass is 35.5. The summed E-state index contributed by atoms with van der Waals surface area (Å²) < 4.78 is 21.2. The fourth-order valence-corrected chi connectivity index (χ4v) is 3.63. The SMILES string of the molecule is CCOC(=O)CNC(=O)OCCc1cc(Cl)c(Oc2ccc(OC)c(C(C)CC)c2)c(Cl)c1. The van der Waals surface area contributed by atoms with Crippen LogP contribution in [0, 0.1) is 0 Å². The number of esters is 1. The second-order valence-electron chi connectivity index (χ2n) is 7.25. The molecule has 0 aromatic heterocycles. The van der Waals surface area contributed by atoms with Gasteiger partial charge in [0.05, 0.1) is 30.4 Å². The van der Waals surface area contributed by atoms with Crippen LogP contribution < -0.4 is 14.8 Å². The van der Waals surface area contributed by atoms with Gasteiger partial charge >= 0.3 is 12.1 Å². The maximum absolute atomic E-state index is 11.7. The molecule has 2 aromatic carbocycles. The van der Waals surface area contributed by atoms with Crippen LogP contribution in [0.25, 0.3) is 0 Å². The zero-order chi connectivity index (χ0) is 24.4. The van der Waals surface area contributed by atoms with Gasteiger partial charge in [-0.3, -0.25) is 4.79 Å². The third-order valence-corrected chi connectivity index (χ3v) is 5.49. The highest BCUT2D eigenvalue weighted by Gasteiger charge is 2.15. The number of alkyl carbamates (subject to hydrolysis) is 1. The maximum atomic E-state index is 11.7. The van der Waals surface area contributed by atoms with E-state index in [0.717, 1.165) is 23.3 Å². The van der Waals surface area contributed by atoms with Gasteiger partial charge in [-0.2, -0.15) is 0 Å². The maximum Gasteiger partial charge on any atom is 0.407 e. The summed E-state index contributed by atoms with van der Waals surface area (Å²) in [4.78, 5) is 22.9. The van der Waals surface area contributed by atoms with Gasteiger partial charge in [-0.05, 0) is 55.2 Å². The van der Waals surface area contributed by atoms with Crippen LogP contribution in [0.2, 0.25) is 10.0 Å². The summed E-state index contributed by atoms with van der Waals surface area (Å²) in [6.45, 7) is 5.99. The Morgan fingerprint density at radius 3 is 2.36 bits per heavy atom. The molecule has 0 saturated carbocycles. The van der Waals surface area contributed by atoms with Crippen molar-refractivity contribution in [2.75, 3.05) is 26.9 Å². The van der Waals surface area contributed by atoms with Crippen LogP contribution in [0.5, 0.6) is 17.2 Å². The first kappa shape index (κ1) is 26.6. The Kier molecular flexibility index (Phi) is 10.6. The van der Waals surface area contributed by atoms with Crippen molar-refractivity contribution in [1.29, 1.82) is 0 Å². The first-order valence-electron chi connectivity index (χ1n) is 10.7. The first-order chi connectivity index (χ1) is 15.8. The second-order valence-corrected chi connectivity index (χ2v) is 8.06. The molecule has 2 aromatic rings.